The van der Waals surface area contributed by atoms with Gasteiger partial charge in [-0.05, 0) is 81.8 Å². The lowest BCUT2D eigenvalue weighted by Crippen LogP contribution is -2.50. The molecule has 0 unspecified atom stereocenters. The summed E-state index contributed by atoms with van der Waals surface area (Å²) in [5.74, 6) is 0.924. The molecule has 0 saturated carbocycles. The SMILES string of the molecule is COc1ccc2c(c1)[C@@H](N)C1(CCN(C(C)(C)C)CC1)C2. The van der Waals surface area contributed by atoms with Crippen molar-refractivity contribution in [1.29, 1.82) is 0 Å². The Morgan fingerprint density at radius 2 is 1.90 bits per heavy atom. The summed E-state index contributed by atoms with van der Waals surface area (Å²) in [6, 6.07) is 6.57. The molecule has 0 amide bonds. The molecule has 1 spiro atoms. The number of nitrogens with two attached hydrogens (primary N) is 1. The number of ether oxygens (including phenoxy) is 1. The van der Waals surface area contributed by atoms with Gasteiger partial charge in [0.05, 0.1) is 7.11 Å². The third-order valence-corrected chi connectivity index (χ3v) is 5.60. The minimum atomic E-state index is 0.157. The molecule has 1 aromatic rings. The Kier molecular flexibility index (Phi) is 3.53. The van der Waals surface area contributed by atoms with E-state index in [0.29, 0.717) is 0 Å². The molecule has 2 aliphatic rings. The van der Waals surface area contributed by atoms with Crippen molar-refractivity contribution in [3.05, 3.63) is 29.3 Å². The zero-order valence-electron chi connectivity index (χ0n) is 13.8. The highest BCUT2D eigenvalue weighted by atomic mass is 16.5. The maximum atomic E-state index is 6.66. The Bertz CT molecular complexity index is 525. The van der Waals surface area contributed by atoms with E-state index in [9.17, 15) is 0 Å². The van der Waals surface area contributed by atoms with Gasteiger partial charge in [-0.15, -0.1) is 0 Å². The Labute approximate surface area is 128 Å². The van der Waals surface area contributed by atoms with E-state index in [2.05, 4.69) is 43.9 Å². The van der Waals surface area contributed by atoms with Crippen LogP contribution in [0.1, 0.15) is 50.8 Å². The highest BCUT2D eigenvalue weighted by Crippen LogP contribution is 2.51. The number of nitrogens with zero attached hydrogens (tertiary/aromatic N) is 1. The van der Waals surface area contributed by atoms with Crippen molar-refractivity contribution in [3.63, 3.8) is 0 Å². The molecule has 2 N–H and O–H groups in total. The van der Waals surface area contributed by atoms with Gasteiger partial charge in [-0.3, -0.25) is 4.90 Å². The molecule has 1 heterocycles. The van der Waals surface area contributed by atoms with Crippen molar-refractivity contribution in [1.82, 2.24) is 4.90 Å². The van der Waals surface area contributed by atoms with Crippen LogP contribution in [0.5, 0.6) is 5.75 Å². The first kappa shape index (κ1) is 14.9. The average molecular weight is 288 g/mol. The number of methoxy groups -OCH3 is 1. The lowest BCUT2D eigenvalue weighted by Gasteiger charge is -2.47. The molecular formula is C18H28N2O. The summed E-state index contributed by atoms with van der Waals surface area (Å²) in [5, 5.41) is 0. The fourth-order valence-corrected chi connectivity index (χ4v) is 4.08. The van der Waals surface area contributed by atoms with Crippen molar-refractivity contribution >= 4 is 0 Å². The predicted molar refractivity (Wildman–Crippen MR) is 86.6 cm³/mol. The van der Waals surface area contributed by atoms with Crippen LogP contribution in [-0.4, -0.2) is 30.6 Å². The highest BCUT2D eigenvalue weighted by Gasteiger charge is 2.46. The lowest BCUT2D eigenvalue weighted by atomic mass is 9.72. The Balaban J connectivity index is 1.80. The molecule has 0 aromatic heterocycles. The van der Waals surface area contributed by atoms with Crippen molar-refractivity contribution < 1.29 is 4.74 Å². The van der Waals surface area contributed by atoms with Crippen LogP contribution in [0.2, 0.25) is 0 Å². The van der Waals surface area contributed by atoms with Gasteiger partial charge in [0.15, 0.2) is 0 Å². The van der Waals surface area contributed by atoms with E-state index < -0.39 is 0 Å². The summed E-state index contributed by atoms with van der Waals surface area (Å²) in [7, 11) is 1.72. The summed E-state index contributed by atoms with van der Waals surface area (Å²) in [4.78, 5) is 2.59. The number of piperidine rings is 1. The minimum absolute atomic E-state index is 0.157. The van der Waals surface area contributed by atoms with E-state index in [-0.39, 0.29) is 17.0 Å². The molecule has 1 saturated heterocycles. The van der Waals surface area contributed by atoms with Gasteiger partial charge in [0.2, 0.25) is 0 Å². The van der Waals surface area contributed by atoms with Crippen LogP contribution in [0.25, 0.3) is 0 Å². The molecule has 1 aliphatic carbocycles. The summed E-state index contributed by atoms with van der Waals surface area (Å²) in [6.07, 6.45) is 3.52. The Morgan fingerprint density at radius 3 is 2.48 bits per heavy atom. The number of rotatable bonds is 1. The molecule has 1 aliphatic heterocycles. The molecule has 116 valence electrons. The summed E-state index contributed by atoms with van der Waals surface area (Å²) >= 11 is 0. The van der Waals surface area contributed by atoms with E-state index in [1.54, 1.807) is 7.11 Å². The van der Waals surface area contributed by atoms with Gasteiger partial charge in [-0.2, -0.15) is 0 Å². The summed E-state index contributed by atoms with van der Waals surface area (Å²) in [5.41, 5.74) is 9.91. The normalized spacial score (nSPS) is 25.1. The fourth-order valence-electron chi connectivity index (χ4n) is 4.08. The molecule has 1 aromatic carbocycles. The van der Waals surface area contributed by atoms with E-state index in [1.165, 1.54) is 24.0 Å². The van der Waals surface area contributed by atoms with Crippen LogP contribution in [0.4, 0.5) is 0 Å². The van der Waals surface area contributed by atoms with Gasteiger partial charge in [-0.25, -0.2) is 0 Å². The fraction of sp³-hybridized carbons (Fsp3) is 0.667. The zero-order valence-corrected chi connectivity index (χ0v) is 13.8. The monoisotopic (exact) mass is 288 g/mol. The minimum Gasteiger partial charge on any atom is -0.497 e. The second-order valence-electron chi connectivity index (χ2n) is 7.74. The largest absolute Gasteiger partial charge is 0.497 e. The smallest absolute Gasteiger partial charge is 0.119 e. The van der Waals surface area contributed by atoms with Gasteiger partial charge in [0.25, 0.3) is 0 Å². The molecule has 21 heavy (non-hydrogen) atoms. The quantitative estimate of drug-likeness (QED) is 0.863. The lowest BCUT2D eigenvalue weighted by molar-refractivity contribution is 0.0345. The first-order chi connectivity index (χ1) is 9.86. The third-order valence-electron chi connectivity index (χ3n) is 5.60. The van der Waals surface area contributed by atoms with Gasteiger partial charge >= 0.3 is 0 Å². The van der Waals surface area contributed by atoms with Crippen LogP contribution in [0.3, 0.4) is 0 Å². The van der Waals surface area contributed by atoms with Crippen LogP contribution in [0.15, 0.2) is 18.2 Å². The third kappa shape index (κ3) is 2.47. The Morgan fingerprint density at radius 1 is 1.24 bits per heavy atom. The Hall–Kier alpha value is -1.06. The summed E-state index contributed by atoms with van der Waals surface area (Å²) < 4.78 is 5.36. The van der Waals surface area contributed by atoms with Crippen LogP contribution in [0, 0.1) is 5.41 Å². The maximum absolute atomic E-state index is 6.66. The maximum Gasteiger partial charge on any atom is 0.119 e. The topological polar surface area (TPSA) is 38.5 Å². The van der Waals surface area contributed by atoms with Crippen molar-refractivity contribution in [2.24, 2.45) is 11.1 Å². The molecule has 1 atom stereocenters. The number of hydrogen-bond donors (Lipinski definition) is 1. The van der Waals surface area contributed by atoms with Crippen LogP contribution in [-0.2, 0) is 6.42 Å². The van der Waals surface area contributed by atoms with Gasteiger partial charge in [0.1, 0.15) is 5.75 Å². The number of fused-ring (bicyclic) bond motifs is 1. The van der Waals surface area contributed by atoms with Crippen LogP contribution < -0.4 is 10.5 Å². The standard InChI is InChI=1S/C18H28N2O/c1-17(2,3)20-9-7-18(8-10-20)12-13-5-6-14(21-4)11-15(13)16(18)19/h5-6,11,16H,7-10,12,19H2,1-4H3/t16-/m1/s1. The number of likely N-dealkylation sites (tertiary alicyclic amines) is 1. The molecule has 1 fully saturated rings. The second-order valence-corrected chi connectivity index (χ2v) is 7.74. The molecule has 3 nitrogen and oxygen atoms in total. The molecule has 0 radical (unpaired) electrons. The molecule has 0 bridgehead atoms. The first-order valence-corrected chi connectivity index (χ1v) is 8.03. The van der Waals surface area contributed by atoms with Gasteiger partial charge < -0.3 is 10.5 Å². The molecule has 3 heteroatoms. The number of benzene rings is 1. The highest BCUT2D eigenvalue weighted by molar-refractivity contribution is 5.43. The van der Waals surface area contributed by atoms with Crippen molar-refractivity contribution in [2.45, 2.75) is 51.6 Å². The number of hydrogen-bond acceptors (Lipinski definition) is 3. The average Bonchev–Trinajstić information content (AvgIpc) is 2.71. The van der Waals surface area contributed by atoms with Crippen molar-refractivity contribution in [2.75, 3.05) is 20.2 Å². The van der Waals surface area contributed by atoms with E-state index in [1.807, 2.05) is 0 Å². The van der Waals surface area contributed by atoms with Gasteiger partial charge in [-0.1, -0.05) is 6.07 Å². The van der Waals surface area contributed by atoms with Gasteiger partial charge in [0, 0.05) is 11.6 Å². The zero-order chi connectivity index (χ0) is 15.3. The van der Waals surface area contributed by atoms with Crippen LogP contribution >= 0.6 is 0 Å². The van der Waals surface area contributed by atoms with Crippen molar-refractivity contribution in [3.8, 4) is 5.75 Å². The van der Waals surface area contributed by atoms with E-state index in [0.717, 1.165) is 25.3 Å². The molecule has 3 rings (SSSR count). The van der Waals surface area contributed by atoms with E-state index in [4.69, 9.17) is 10.5 Å². The second kappa shape index (κ2) is 4.99. The predicted octanol–water partition coefficient (Wildman–Crippen LogP) is 3.13. The summed E-state index contributed by atoms with van der Waals surface area (Å²) in [6.45, 7) is 9.22. The first-order valence-electron chi connectivity index (χ1n) is 8.03. The van der Waals surface area contributed by atoms with E-state index >= 15 is 0 Å². The molecular weight excluding hydrogens is 260 g/mol.